The number of hydrogen-bond acceptors (Lipinski definition) is 4. The molecular weight excluding hydrogens is 472 g/mol. The van der Waals surface area contributed by atoms with Gasteiger partial charge in [0.15, 0.2) is 5.75 Å². The van der Waals surface area contributed by atoms with Gasteiger partial charge in [0.1, 0.15) is 5.75 Å². The smallest absolute Gasteiger partial charge is 0.271 e. The van der Waals surface area contributed by atoms with Crippen LogP contribution in [0.15, 0.2) is 43.7 Å². The van der Waals surface area contributed by atoms with E-state index < -0.39 is 4.92 Å². The Morgan fingerprint density at radius 3 is 2.29 bits per heavy atom. The van der Waals surface area contributed by atoms with Crippen LogP contribution in [0.5, 0.6) is 11.5 Å². The van der Waals surface area contributed by atoms with E-state index in [0.29, 0.717) is 27.0 Å². The second-order valence-electron chi connectivity index (χ2n) is 4.05. The van der Waals surface area contributed by atoms with Crippen molar-refractivity contribution in [3.05, 3.63) is 59.4 Å². The molecule has 2 rings (SSSR count). The quantitative estimate of drug-likeness (QED) is 0.486. The second-order valence-corrected chi connectivity index (χ2v) is 6.68. The van der Waals surface area contributed by atoms with E-state index in [9.17, 15) is 10.1 Å². The molecule has 0 bridgehead atoms. The third-order valence-corrected chi connectivity index (χ3v) is 4.32. The average Bonchev–Trinajstić information content (AvgIpc) is 2.43. The summed E-state index contributed by atoms with van der Waals surface area (Å²) in [4.78, 5) is 10.3. The fraction of sp³-hybridized carbons (Fsp3) is 0.0769. The Balaban J connectivity index is 2.43. The minimum absolute atomic E-state index is 0.0315. The lowest BCUT2D eigenvalue weighted by Crippen LogP contribution is -2.00. The van der Waals surface area contributed by atoms with E-state index >= 15 is 0 Å². The topological polar surface area (TPSA) is 78.4 Å². The van der Waals surface area contributed by atoms with Gasteiger partial charge in [-0.1, -0.05) is 15.9 Å². The van der Waals surface area contributed by atoms with Crippen molar-refractivity contribution >= 4 is 53.5 Å². The van der Waals surface area contributed by atoms with Crippen LogP contribution in [0.2, 0.25) is 0 Å². The lowest BCUT2D eigenvalue weighted by molar-refractivity contribution is -0.385. The summed E-state index contributed by atoms with van der Waals surface area (Å²) in [6.45, 7) is 0.316. The monoisotopic (exact) mass is 478 g/mol. The van der Waals surface area contributed by atoms with Crippen LogP contribution >= 0.6 is 47.8 Å². The highest BCUT2D eigenvalue weighted by Gasteiger charge is 2.16. The molecule has 0 aliphatic carbocycles. The average molecular weight is 481 g/mol. The number of halogens is 3. The van der Waals surface area contributed by atoms with E-state index in [1.807, 2.05) is 12.1 Å². The summed E-state index contributed by atoms with van der Waals surface area (Å²) in [7, 11) is 0. The molecule has 0 heterocycles. The molecule has 2 aromatic carbocycles. The van der Waals surface area contributed by atoms with Crippen molar-refractivity contribution in [3.63, 3.8) is 0 Å². The molecule has 0 amide bonds. The normalized spacial score (nSPS) is 10.5. The minimum atomic E-state index is -0.468. The first-order chi connectivity index (χ1) is 9.92. The van der Waals surface area contributed by atoms with Gasteiger partial charge < -0.3 is 10.5 Å². The van der Waals surface area contributed by atoms with Gasteiger partial charge in [-0.25, -0.2) is 0 Å². The van der Waals surface area contributed by atoms with Crippen LogP contribution in [-0.4, -0.2) is 4.92 Å². The number of nitro benzene ring substituents is 1. The number of rotatable bonds is 4. The molecule has 0 spiro atoms. The van der Waals surface area contributed by atoms with Crippen molar-refractivity contribution < 1.29 is 9.66 Å². The van der Waals surface area contributed by atoms with E-state index in [1.165, 1.54) is 12.1 Å². The van der Waals surface area contributed by atoms with Crippen LogP contribution in [0, 0.1) is 10.1 Å². The molecule has 8 heteroatoms. The van der Waals surface area contributed by atoms with E-state index in [-0.39, 0.29) is 5.69 Å². The Labute approximate surface area is 146 Å². The van der Waals surface area contributed by atoms with Gasteiger partial charge in [-0.2, -0.15) is 0 Å². The van der Waals surface area contributed by atoms with Gasteiger partial charge in [-0.05, 0) is 50.1 Å². The zero-order chi connectivity index (χ0) is 15.6. The number of nitrogens with zero attached hydrogens (tertiary/aromatic N) is 1. The molecule has 0 aliphatic heterocycles. The molecule has 0 radical (unpaired) electrons. The Morgan fingerprint density at radius 2 is 1.76 bits per heavy atom. The van der Waals surface area contributed by atoms with Crippen LogP contribution in [0.1, 0.15) is 5.56 Å². The van der Waals surface area contributed by atoms with E-state index in [2.05, 4.69) is 47.8 Å². The summed E-state index contributed by atoms with van der Waals surface area (Å²) in [6, 6.07) is 8.26. The van der Waals surface area contributed by atoms with Crippen molar-refractivity contribution in [2.45, 2.75) is 6.54 Å². The molecule has 5 nitrogen and oxygen atoms in total. The van der Waals surface area contributed by atoms with Crippen LogP contribution in [0.4, 0.5) is 5.69 Å². The summed E-state index contributed by atoms with van der Waals surface area (Å²) in [5.74, 6) is 1.05. The van der Waals surface area contributed by atoms with E-state index in [4.69, 9.17) is 10.5 Å². The molecule has 0 fully saturated rings. The van der Waals surface area contributed by atoms with Gasteiger partial charge in [0.25, 0.3) is 5.69 Å². The van der Waals surface area contributed by atoms with Crippen LogP contribution in [0.25, 0.3) is 0 Å². The molecule has 0 atom stereocenters. The summed E-state index contributed by atoms with van der Waals surface area (Å²) < 4.78 is 7.70. The molecule has 0 unspecified atom stereocenters. The summed E-state index contributed by atoms with van der Waals surface area (Å²) in [5.41, 5.74) is 6.49. The van der Waals surface area contributed by atoms with Crippen molar-refractivity contribution in [2.24, 2.45) is 5.73 Å². The molecule has 0 saturated carbocycles. The van der Waals surface area contributed by atoms with Crippen LogP contribution < -0.4 is 10.5 Å². The molecule has 2 N–H and O–H groups in total. The maximum atomic E-state index is 10.8. The molecule has 0 aliphatic rings. The van der Waals surface area contributed by atoms with Crippen molar-refractivity contribution in [2.75, 3.05) is 0 Å². The number of nitrogens with two attached hydrogens (primary N) is 1. The van der Waals surface area contributed by atoms with Crippen molar-refractivity contribution in [1.29, 1.82) is 0 Å². The first-order valence-electron chi connectivity index (χ1n) is 5.72. The standard InChI is InChI=1S/C13H9Br3N2O3/c14-8-1-2-12(7(3-8)6-17)21-13-10(15)4-9(18(19)20)5-11(13)16/h1-5H,6,17H2. The predicted molar refractivity (Wildman–Crippen MR) is 90.6 cm³/mol. The number of benzene rings is 2. The number of ether oxygens (including phenoxy) is 1. The first kappa shape index (κ1) is 16.4. The fourth-order valence-electron chi connectivity index (χ4n) is 1.67. The Kier molecular flexibility index (Phi) is 5.37. The third-order valence-electron chi connectivity index (χ3n) is 2.65. The van der Waals surface area contributed by atoms with Crippen LogP contribution in [0.3, 0.4) is 0 Å². The highest BCUT2D eigenvalue weighted by atomic mass is 79.9. The Bertz CT molecular complexity index is 684. The number of nitro groups is 1. The first-order valence-corrected chi connectivity index (χ1v) is 8.10. The maximum absolute atomic E-state index is 10.8. The molecule has 0 aromatic heterocycles. The largest absolute Gasteiger partial charge is 0.455 e. The van der Waals surface area contributed by atoms with E-state index in [0.717, 1.165) is 10.0 Å². The van der Waals surface area contributed by atoms with Gasteiger partial charge in [0.05, 0.1) is 13.9 Å². The zero-order valence-electron chi connectivity index (χ0n) is 10.5. The molecule has 110 valence electrons. The van der Waals surface area contributed by atoms with E-state index in [1.54, 1.807) is 6.07 Å². The molecule has 2 aromatic rings. The van der Waals surface area contributed by atoms with Gasteiger partial charge in [0, 0.05) is 28.7 Å². The summed E-state index contributed by atoms with van der Waals surface area (Å²) in [6.07, 6.45) is 0. The lowest BCUT2D eigenvalue weighted by atomic mass is 10.2. The lowest BCUT2D eigenvalue weighted by Gasteiger charge is -2.13. The van der Waals surface area contributed by atoms with Crippen LogP contribution in [-0.2, 0) is 6.54 Å². The Morgan fingerprint density at radius 1 is 1.14 bits per heavy atom. The Hall–Kier alpha value is -0.960. The summed E-state index contributed by atoms with van der Waals surface area (Å²) in [5, 5.41) is 10.8. The van der Waals surface area contributed by atoms with Gasteiger partial charge in [-0.3, -0.25) is 10.1 Å². The summed E-state index contributed by atoms with van der Waals surface area (Å²) >= 11 is 9.94. The third kappa shape index (κ3) is 3.82. The van der Waals surface area contributed by atoms with Crippen molar-refractivity contribution in [1.82, 2.24) is 0 Å². The maximum Gasteiger partial charge on any atom is 0.271 e. The highest BCUT2D eigenvalue weighted by molar-refractivity contribution is 9.11. The van der Waals surface area contributed by atoms with Gasteiger partial charge in [-0.15, -0.1) is 0 Å². The van der Waals surface area contributed by atoms with Gasteiger partial charge >= 0.3 is 0 Å². The number of non-ortho nitro benzene ring substituents is 1. The fourth-order valence-corrected chi connectivity index (χ4v) is 3.40. The SMILES string of the molecule is NCc1cc(Br)ccc1Oc1c(Br)cc([N+](=O)[O-])cc1Br. The minimum Gasteiger partial charge on any atom is -0.455 e. The predicted octanol–water partition coefficient (Wildman–Crippen LogP) is 5.13. The molecule has 0 saturated heterocycles. The highest BCUT2D eigenvalue weighted by Crippen LogP contribution is 2.40. The molecule has 21 heavy (non-hydrogen) atoms. The zero-order valence-corrected chi connectivity index (χ0v) is 15.2. The second kappa shape index (κ2) is 6.87. The number of hydrogen-bond donors (Lipinski definition) is 1. The van der Waals surface area contributed by atoms with Crippen molar-refractivity contribution in [3.8, 4) is 11.5 Å². The molecular formula is C13H9Br3N2O3. The van der Waals surface area contributed by atoms with Gasteiger partial charge in [0.2, 0.25) is 0 Å².